The summed E-state index contributed by atoms with van der Waals surface area (Å²) >= 11 is 5.95. The summed E-state index contributed by atoms with van der Waals surface area (Å²) in [6.07, 6.45) is 3.76. The Labute approximate surface area is 161 Å². The Hall–Kier alpha value is -3.18. The fourth-order valence-electron chi connectivity index (χ4n) is 2.50. The highest BCUT2D eigenvalue weighted by molar-refractivity contribution is 6.30. The van der Waals surface area contributed by atoms with Crippen molar-refractivity contribution in [1.29, 1.82) is 0 Å². The van der Waals surface area contributed by atoms with Gasteiger partial charge >= 0.3 is 5.97 Å². The molecule has 0 saturated carbocycles. The van der Waals surface area contributed by atoms with Gasteiger partial charge in [-0.15, -0.1) is 0 Å². The molecular weight excluding hydrogens is 364 g/mol. The Kier molecular flexibility index (Phi) is 5.52. The Balaban J connectivity index is 2.03. The van der Waals surface area contributed by atoms with Gasteiger partial charge in [-0.1, -0.05) is 23.8 Å². The fraction of sp³-hybridized carbons (Fsp3) is 0.0952. The number of allylic oxidation sites excluding steroid dienone is 1. The first-order chi connectivity index (χ1) is 13.0. The minimum Gasteiger partial charge on any atom is -0.478 e. The number of rotatable bonds is 5. The molecular formula is C21H17ClN2O3. The number of hydrogen-bond acceptors (Lipinski definition) is 4. The SMILES string of the molecule is CC=Cc1c(C)nc(-c2ccc(Cl)cc2)nc1Oc1ccc(C(=O)O)cc1. The van der Waals surface area contributed by atoms with Gasteiger partial charge in [0.2, 0.25) is 5.88 Å². The Morgan fingerprint density at radius 2 is 1.74 bits per heavy atom. The predicted octanol–water partition coefficient (Wildman–Crippen LogP) is 5.63. The average Bonchev–Trinajstić information content (AvgIpc) is 2.65. The van der Waals surface area contributed by atoms with Crippen LogP contribution in [0.15, 0.2) is 54.6 Å². The molecule has 0 aliphatic rings. The van der Waals surface area contributed by atoms with Crippen molar-refractivity contribution in [1.82, 2.24) is 9.97 Å². The van der Waals surface area contributed by atoms with E-state index in [0.717, 1.165) is 16.8 Å². The number of carbonyl (C=O) groups is 1. The molecule has 3 aromatic rings. The highest BCUT2D eigenvalue weighted by Gasteiger charge is 2.14. The van der Waals surface area contributed by atoms with Crippen molar-refractivity contribution in [3.8, 4) is 23.0 Å². The molecule has 0 saturated heterocycles. The van der Waals surface area contributed by atoms with Gasteiger partial charge in [-0.2, -0.15) is 4.98 Å². The molecule has 27 heavy (non-hydrogen) atoms. The van der Waals surface area contributed by atoms with Gasteiger partial charge in [-0.3, -0.25) is 0 Å². The molecule has 0 bridgehead atoms. The zero-order valence-corrected chi connectivity index (χ0v) is 15.6. The highest BCUT2D eigenvalue weighted by Crippen LogP contribution is 2.29. The van der Waals surface area contributed by atoms with Crippen LogP contribution in [0.2, 0.25) is 5.02 Å². The summed E-state index contributed by atoms with van der Waals surface area (Å²) in [5, 5.41) is 9.65. The maximum absolute atomic E-state index is 11.0. The quantitative estimate of drug-likeness (QED) is 0.621. The van der Waals surface area contributed by atoms with Crippen molar-refractivity contribution in [2.75, 3.05) is 0 Å². The lowest BCUT2D eigenvalue weighted by molar-refractivity contribution is 0.0697. The first-order valence-corrected chi connectivity index (χ1v) is 8.64. The van der Waals surface area contributed by atoms with E-state index in [0.29, 0.717) is 22.5 Å². The lowest BCUT2D eigenvalue weighted by atomic mass is 10.1. The van der Waals surface area contributed by atoms with Crippen LogP contribution in [0.1, 0.15) is 28.5 Å². The molecule has 0 aliphatic heterocycles. The maximum Gasteiger partial charge on any atom is 0.335 e. The van der Waals surface area contributed by atoms with E-state index in [2.05, 4.69) is 9.97 Å². The molecule has 0 unspecified atom stereocenters. The number of benzene rings is 2. The monoisotopic (exact) mass is 380 g/mol. The molecule has 0 fully saturated rings. The van der Waals surface area contributed by atoms with E-state index in [4.69, 9.17) is 21.4 Å². The minimum atomic E-state index is -0.987. The van der Waals surface area contributed by atoms with Crippen molar-refractivity contribution >= 4 is 23.6 Å². The largest absolute Gasteiger partial charge is 0.478 e. The summed E-state index contributed by atoms with van der Waals surface area (Å²) in [6.45, 7) is 3.79. The molecule has 2 aromatic carbocycles. The lowest BCUT2D eigenvalue weighted by Crippen LogP contribution is -2.01. The van der Waals surface area contributed by atoms with E-state index in [1.54, 1.807) is 24.3 Å². The zero-order chi connectivity index (χ0) is 19.4. The van der Waals surface area contributed by atoms with Gasteiger partial charge in [-0.05, 0) is 62.4 Å². The Morgan fingerprint density at radius 3 is 2.33 bits per heavy atom. The van der Waals surface area contributed by atoms with E-state index >= 15 is 0 Å². The lowest BCUT2D eigenvalue weighted by Gasteiger charge is -2.12. The second-order valence-electron chi connectivity index (χ2n) is 5.79. The third-order valence-corrected chi connectivity index (χ3v) is 4.10. The second-order valence-corrected chi connectivity index (χ2v) is 6.23. The van der Waals surface area contributed by atoms with E-state index in [1.165, 1.54) is 12.1 Å². The molecule has 3 rings (SSSR count). The Morgan fingerprint density at radius 1 is 1.07 bits per heavy atom. The normalized spacial score (nSPS) is 10.9. The molecule has 0 amide bonds. The third-order valence-electron chi connectivity index (χ3n) is 3.85. The number of aryl methyl sites for hydroxylation is 1. The maximum atomic E-state index is 11.0. The van der Waals surface area contributed by atoms with Crippen molar-refractivity contribution in [2.24, 2.45) is 0 Å². The summed E-state index contributed by atoms with van der Waals surface area (Å²) < 4.78 is 5.94. The summed E-state index contributed by atoms with van der Waals surface area (Å²) in [5.41, 5.74) is 2.54. The number of aromatic carboxylic acids is 1. The number of nitrogens with zero attached hydrogens (tertiary/aromatic N) is 2. The third kappa shape index (κ3) is 4.33. The number of aromatic nitrogens is 2. The van der Waals surface area contributed by atoms with Crippen molar-refractivity contribution < 1.29 is 14.6 Å². The van der Waals surface area contributed by atoms with Gasteiger partial charge in [0.05, 0.1) is 16.8 Å². The summed E-state index contributed by atoms with van der Waals surface area (Å²) in [7, 11) is 0. The topological polar surface area (TPSA) is 72.3 Å². The molecule has 1 aromatic heterocycles. The number of hydrogen-bond donors (Lipinski definition) is 1. The molecule has 1 N–H and O–H groups in total. The number of carboxylic acids is 1. The number of halogens is 1. The van der Waals surface area contributed by atoms with Crippen molar-refractivity contribution in [3.63, 3.8) is 0 Å². The molecule has 0 atom stereocenters. The van der Waals surface area contributed by atoms with Gasteiger partial charge in [0, 0.05) is 10.6 Å². The minimum absolute atomic E-state index is 0.191. The van der Waals surface area contributed by atoms with Gasteiger partial charge in [0.1, 0.15) is 5.75 Å². The van der Waals surface area contributed by atoms with Crippen molar-refractivity contribution in [2.45, 2.75) is 13.8 Å². The van der Waals surface area contributed by atoms with Crippen LogP contribution in [0.3, 0.4) is 0 Å². The summed E-state index contributed by atoms with van der Waals surface area (Å²) in [4.78, 5) is 20.1. The molecule has 136 valence electrons. The van der Waals surface area contributed by atoms with Crippen molar-refractivity contribution in [3.05, 3.63) is 76.5 Å². The van der Waals surface area contributed by atoms with Gasteiger partial charge in [0.25, 0.3) is 0 Å². The Bertz CT molecular complexity index is 997. The van der Waals surface area contributed by atoms with E-state index in [1.807, 2.05) is 38.1 Å². The van der Waals surface area contributed by atoms with Crippen LogP contribution in [0.5, 0.6) is 11.6 Å². The fourth-order valence-corrected chi connectivity index (χ4v) is 2.62. The smallest absolute Gasteiger partial charge is 0.335 e. The van der Waals surface area contributed by atoms with Crippen LogP contribution < -0.4 is 4.74 Å². The number of ether oxygens (including phenoxy) is 1. The molecule has 1 heterocycles. The first kappa shape index (κ1) is 18.6. The standard InChI is InChI=1S/C21H17ClN2O3/c1-3-4-18-13(2)23-19(14-5-9-16(22)10-6-14)24-20(18)27-17-11-7-15(8-12-17)21(25)26/h3-12H,1-2H3,(H,25,26). The van der Waals surface area contributed by atoms with E-state index in [-0.39, 0.29) is 5.56 Å². The number of carboxylic acid groups (broad SMARTS) is 1. The van der Waals surface area contributed by atoms with Crippen LogP contribution >= 0.6 is 11.6 Å². The predicted molar refractivity (Wildman–Crippen MR) is 105 cm³/mol. The molecule has 5 nitrogen and oxygen atoms in total. The summed E-state index contributed by atoms with van der Waals surface area (Å²) in [5.74, 6) is 0.424. The van der Waals surface area contributed by atoms with Gasteiger partial charge in [0.15, 0.2) is 5.82 Å². The molecule has 6 heteroatoms. The second kappa shape index (κ2) is 8.01. The molecule has 0 spiro atoms. The average molecular weight is 381 g/mol. The van der Waals surface area contributed by atoms with Gasteiger partial charge in [-0.25, -0.2) is 9.78 Å². The zero-order valence-electron chi connectivity index (χ0n) is 14.8. The van der Waals surface area contributed by atoms with Crippen LogP contribution in [0.4, 0.5) is 0 Å². The highest BCUT2D eigenvalue weighted by atomic mass is 35.5. The van der Waals surface area contributed by atoms with Crippen LogP contribution in [0, 0.1) is 6.92 Å². The summed E-state index contributed by atoms with van der Waals surface area (Å²) in [6, 6.07) is 13.4. The molecule has 0 aliphatic carbocycles. The van der Waals surface area contributed by atoms with Crippen LogP contribution in [-0.2, 0) is 0 Å². The van der Waals surface area contributed by atoms with E-state index < -0.39 is 5.97 Å². The van der Waals surface area contributed by atoms with E-state index in [9.17, 15) is 4.79 Å². The van der Waals surface area contributed by atoms with Gasteiger partial charge < -0.3 is 9.84 Å². The van der Waals surface area contributed by atoms with Crippen LogP contribution in [0.25, 0.3) is 17.5 Å². The first-order valence-electron chi connectivity index (χ1n) is 8.26. The van der Waals surface area contributed by atoms with Crippen LogP contribution in [-0.4, -0.2) is 21.0 Å². The molecule has 0 radical (unpaired) electrons.